The van der Waals surface area contributed by atoms with Crippen LogP contribution in [0.4, 0.5) is 0 Å². The minimum absolute atomic E-state index is 0.513. The summed E-state index contributed by atoms with van der Waals surface area (Å²) >= 11 is 0. The third-order valence-electron chi connectivity index (χ3n) is 3.67. The second kappa shape index (κ2) is 10.5. The number of ether oxygens (including phenoxy) is 6. The molecule has 0 radical (unpaired) electrons. The van der Waals surface area contributed by atoms with Gasteiger partial charge in [0, 0.05) is 41.9 Å². The second-order valence-corrected chi connectivity index (χ2v) is 6.08. The minimum Gasteiger partial charge on any atom is -0.430 e. The zero-order valence-electron chi connectivity index (χ0n) is 19.3. The fourth-order valence-electron chi connectivity index (χ4n) is 2.35. The van der Waals surface area contributed by atoms with E-state index >= 15 is 0 Å². The molecule has 0 fully saturated rings. The Balaban J connectivity index is 7.49. The topological polar surface area (TPSA) is 245 Å². The van der Waals surface area contributed by atoms with Crippen LogP contribution in [0.25, 0.3) is 0 Å². The highest BCUT2D eigenvalue weighted by Crippen LogP contribution is 2.46. The maximum Gasteiger partial charge on any atom is 0.336 e. The number of rotatable bonds is 11. The summed E-state index contributed by atoms with van der Waals surface area (Å²) in [6, 6.07) is 0. The van der Waals surface area contributed by atoms with Gasteiger partial charge in [0.05, 0.1) is 2.74 Å². The summed E-state index contributed by atoms with van der Waals surface area (Å²) in [6.45, 7) is 2.39. The zero-order valence-corrected chi connectivity index (χ0v) is 17.3. The Morgan fingerprint density at radius 3 is 1.41 bits per heavy atom. The van der Waals surface area contributed by atoms with Gasteiger partial charge in [-0.1, -0.05) is 0 Å². The molecule has 16 nitrogen and oxygen atoms in total. The molecule has 6 N–H and O–H groups in total. The lowest BCUT2D eigenvalue weighted by Gasteiger charge is -2.53. The molecule has 0 saturated carbocycles. The van der Waals surface area contributed by atoms with E-state index in [1.165, 1.54) is 0 Å². The molecule has 0 aromatic rings. The Labute approximate surface area is 183 Å². The van der Waals surface area contributed by atoms with Crippen LogP contribution in [-0.2, 0) is 47.6 Å². The van der Waals surface area contributed by atoms with E-state index in [0.29, 0.717) is 27.7 Å². The van der Waals surface area contributed by atoms with Crippen molar-refractivity contribution in [3.05, 3.63) is 0 Å². The normalized spacial score (nSPS) is 21.6. The first-order valence-electron chi connectivity index (χ1n) is 9.65. The smallest absolute Gasteiger partial charge is 0.336 e. The first kappa shape index (κ1) is 25.8. The molecule has 0 amide bonds. The van der Waals surface area contributed by atoms with E-state index in [2.05, 4.69) is 28.4 Å². The summed E-state index contributed by atoms with van der Waals surface area (Å²) in [5.41, 5.74) is 0. The molecule has 0 heterocycles. The molecule has 6 atom stereocenters. The van der Waals surface area contributed by atoms with Crippen LogP contribution < -0.4 is 0 Å². The van der Waals surface area contributed by atoms with Crippen LogP contribution in [0.5, 0.6) is 0 Å². The van der Waals surface area contributed by atoms with E-state index in [0.717, 1.165) is 0 Å². The van der Waals surface area contributed by atoms with Crippen molar-refractivity contribution in [2.45, 2.75) is 63.4 Å². The highest BCUT2D eigenvalue weighted by molar-refractivity contribution is 5.68. The summed E-state index contributed by atoms with van der Waals surface area (Å²) in [7, 11) is -3.04. The summed E-state index contributed by atoms with van der Waals surface area (Å²) in [5, 5.41) is 64.5. The van der Waals surface area contributed by atoms with Crippen LogP contribution in [0.15, 0.2) is 0 Å². The predicted molar refractivity (Wildman–Crippen MR) is 92.9 cm³/mol. The predicted octanol–water partition coefficient (Wildman–Crippen LogP) is -4.08. The third kappa shape index (κ3) is 5.30. The van der Waals surface area contributed by atoms with Gasteiger partial charge < -0.3 is 59.1 Å². The zero-order chi connectivity index (χ0) is 27.1. The molecule has 186 valence electrons. The summed E-state index contributed by atoms with van der Waals surface area (Å²) in [5.74, 6) is -23.6. The van der Waals surface area contributed by atoms with Gasteiger partial charge in [-0.25, -0.2) is 0 Å². The number of hydrogen-bond donors (Lipinski definition) is 6. The Morgan fingerprint density at radius 1 is 0.656 bits per heavy atom. The van der Waals surface area contributed by atoms with Gasteiger partial charge in [-0.05, 0) is 0 Å². The molecule has 0 rings (SSSR count). The monoisotopic (exact) mass is 476 g/mol. The molecule has 0 saturated heterocycles. The number of carbonyl (C=O) groups is 4. The average molecular weight is 476 g/mol. The van der Waals surface area contributed by atoms with E-state index in [4.69, 9.17) is 2.74 Å². The molecular weight excluding hydrogens is 448 g/mol. The number of carbonyl (C=O) groups excluding carboxylic acids is 4. The number of aliphatic hydroxyl groups is 6. The van der Waals surface area contributed by atoms with E-state index < -0.39 is 73.8 Å². The van der Waals surface area contributed by atoms with Crippen molar-refractivity contribution >= 4 is 23.9 Å². The van der Waals surface area contributed by atoms with Crippen LogP contribution in [0.2, 0.25) is 0 Å². The number of hydrogen-bond acceptors (Lipinski definition) is 16. The van der Waals surface area contributed by atoms with Crippen molar-refractivity contribution in [1.82, 2.24) is 0 Å². The lowest BCUT2D eigenvalue weighted by molar-refractivity contribution is -0.539. The standard InChI is InChI=1S/C16H26O16/c1-7(17)29-11(21)13(23,27-5)16(26,32-10(4)20)15(25,28-6)14(24,31-9(3)19)12(22)30-8(2)18/h11-12,21-26H,1-6H3/t11?,12?,13-,14+,15+,16+/m1/s1/i5D,6D. The van der Waals surface area contributed by atoms with E-state index in [9.17, 15) is 49.8 Å². The van der Waals surface area contributed by atoms with Gasteiger partial charge in [0.2, 0.25) is 0 Å². The second-order valence-electron chi connectivity index (χ2n) is 6.08. The molecule has 0 bridgehead atoms. The van der Waals surface area contributed by atoms with Crippen LogP contribution in [0.3, 0.4) is 0 Å². The molecule has 0 aliphatic heterocycles. The van der Waals surface area contributed by atoms with Gasteiger partial charge in [0.15, 0.2) is 0 Å². The van der Waals surface area contributed by atoms with Crippen molar-refractivity contribution < 1.29 is 81.0 Å². The third-order valence-corrected chi connectivity index (χ3v) is 3.67. The number of aliphatic hydroxyl groups excluding tert-OH is 2. The summed E-state index contributed by atoms with van der Waals surface area (Å²) in [4.78, 5) is 46.0. The SMILES string of the molecule is [2H]CO[C@](O)([C@@](O)(OC(C)=O)[C@](O)(OC[2H])C(O)OC(C)=O)[C@@](O)(OC(C)=O)C(O)OC(C)=O. The molecule has 0 aromatic heterocycles. The Bertz CT molecular complexity index is 765. The Kier molecular flexibility index (Phi) is 8.43. The highest BCUT2D eigenvalue weighted by Gasteiger charge is 2.81. The maximum atomic E-state index is 11.8. The molecule has 0 aliphatic carbocycles. The highest BCUT2D eigenvalue weighted by atomic mass is 16.8. The molecule has 0 aliphatic rings. The molecule has 2 unspecified atom stereocenters. The summed E-state index contributed by atoms with van der Waals surface area (Å²) < 4.78 is 40.5. The lowest BCUT2D eigenvalue weighted by Crippen LogP contribution is -2.83. The number of methoxy groups -OCH3 is 2. The van der Waals surface area contributed by atoms with Gasteiger partial charge in [-0.15, -0.1) is 0 Å². The van der Waals surface area contributed by atoms with Crippen molar-refractivity contribution in [1.29, 1.82) is 0 Å². The van der Waals surface area contributed by atoms with Crippen LogP contribution in [-0.4, -0.2) is 104 Å². The van der Waals surface area contributed by atoms with E-state index in [1.807, 2.05) is 0 Å². The molecular formula is C16H26O16. The van der Waals surface area contributed by atoms with E-state index in [1.54, 1.807) is 0 Å². The molecule has 32 heavy (non-hydrogen) atoms. The van der Waals surface area contributed by atoms with Gasteiger partial charge in [0.25, 0.3) is 12.6 Å². The Hall–Kier alpha value is -2.44. The summed E-state index contributed by atoms with van der Waals surface area (Å²) in [6.07, 6.45) is -6.40. The quantitative estimate of drug-likeness (QED) is 0.0942. The van der Waals surface area contributed by atoms with Gasteiger partial charge in [-0.2, -0.15) is 0 Å². The van der Waals surface area contributed by atoms with Crippen LogP contribution in [0.1, 0.15) is 30.4 Å². The lowest BCUT2D eigenvalue weighted by atomic mass is 9.87. The minimum atomic E-state index is -4.55. The van der Waals surface area contributed by atoms with Gasteiger partial charge in [0.1, 0.15) is 0 Å². The first-order chi connectivity index (χ1) is 15.4. The average Bonchev–Trinajstić information content (AvgIpc) is 2.65. The van der Waals surface area contributed by atoms with Crippen LogP contribution >= 0.6 is 0 Å². The largest absolute Gasteiger partial charge is 0.430 e. The number of esters is 4. The molecule has 0 spiro atoms. The van der Waals surface area contributed by atoms with Crippen molar-refractivity contribution in [2.75, 3.05) is 14.2 Å². The van der Waals surface area contributed by atoms with Crippen molar-refractivity contribution in [2.24, 2.45) is 0 Å². The Morgan fingerprint density at radius 2 is 1.06 bits per heavy atom. The fraction of sp³-hybridized carbons (Fsp3) is 0.750. The van der Waals surface area contributed by atoms with Gasteiger partial charge >= 0.3 is 47.0 Å². The van der Waals surface area contributed by atoms with Crippen molar-refractivity contribution in [3.63, 3.8) is 0 Å². The van der Waals surface area contributed by atoms with Crippen LogP contribution in [0, 0.1) is 0 Å². The van der Waals surface area contributed by atoms with Gasteiger partial charge in [-0.3, -0.25) is 19.2 Å². The molecule has 0 aromatic carbocycles. The first-order valence-corrected chi connectivity index (χ1v) is 8.24. The van der Waals surface area contributed by atoms with Crippen molar-refractivity contribution in [3.8, 4) is 0 Å². The van der Waals surface area contributed by atoms with E-state index in [-0.39, 0.29) is 0 Å². The molecule has 16 heteroatoms. The maximum absolute atomic E-state index is 11.8. The fourth-order valence-corrected chi connectivity index (χ4v) is 2.35.